The van der Waals surface area contributed by atoms with Gasteiger partial charge in [-0.05, 0) is 44.5 Å². The Morgan fingerprint density at radius 3 is 2.79 bits per heavy atom. The summed E-state index contributed by atoms with van der Waals surface area (Å²) in [4.78, 5) is 23.1. The number of rotatable bonds is 6. The molecular weight excluding hydrogens is 435 g/mol. The number of anilines is 2. The molecule has 1 aliphatic rings. The van der Waals surface area contributed by atoms with Crippen molar-refractivity contribution in [3.05, 3.63) is 53.9 Å². The Kier molecular flexibility index (Phi) is 5.87. The van der Waals surface area contributed by atoms with E-state index in [0.29, 0.717) is 17.3 Å². The van der Waals surface area contributed by atoms with E-state index in [1.807, 2.05) is 24.4 Å². The van der Waals surface area contributed by atoms with Gasteiger partial charge in [0, 0.05) is 48.8 Å². The molecule has 0 spiro atoms. The minimum absolute atomic E-state index is 0.0469. The van der Waals surface area contributed by atoms with Gasteiger partial charge in [0.15, 0.2) is 11.4 Å². The van der Waals surface area contributed by atoms with Crippen LogP contribution in [0.25, 0.3) is 16.6 Å². The first-order chi connectivity index (χ1) is 16.5. The molecule has 178 valence electrons. The average Bonchev–Trinajstić information content (AvgIpc) is 3.46. The number of H-pyrrole nitrogens is 1. The van der Waals surface area contributed by atoms with Crippen LogP contribution in [0, 0.1) is 12.7 Å². The minimum Gasteiger partial charge on any atom is -0.491 e. The van der Waals surface area contributed by atoms with E-state index in [0.717, 1.165) is 49.1 Å². The van der Waals surface area contributed by atoms with Crippen LogP contribution in [0.4, 0.5) is 15.8 Å². The number of carbonyl (C=O) groups excluding carboxylic acids is 1. The number of hydrogen-bond donors (Lipinski definition) is 3. The summed E-state index contributed by atoms with van der Waals surface area (Å²) in [6, 6.07) is 6.37. The van der Waals surface area contributed by atoms with E-state index in [1.165, 1.54) is 7.11 Å². The number of nitrogens with one attached hydrogen (secondary N) is 3. The van der Waals surface area contributed by atoms with Crippen molar-refractivity contribution in [2.24, 2.45) is 0 Å². The van der Waals surface area contributed by atoms with Crippen LogP contribution < -0.4 is 20.3 Å². The number of amides is 1. The maximum absolute atomic E-state index is 15.0. The Hall–Kier alpha value is -3.59. The van der Waals surface area contributed by atoms with Crippen LogP contribution in [0.15, 0.2) is 36.8 Å². The number of hydrogen-bond acceptors (Lipinski definition) is 5. The first-order valence-electron chi connectivity index (χ1n) is 11.6. The second kappa shape index (κ2) is 8.98. The molecule has 1 aliphatic heterocycles. The number of halogens is 1. The summed E-state index contributed by atoms with van der Waals surface area (Å²) in [5.74, 6) is -1.01. The highest BCUT2D eigenvalue weighted by atomic mass is 19.1. The normalized spacial score (nSPS) is 14.8. The van der Waals surface area contributed by atoms with Crippen LogP contribution in [0.3, 0.4) is 0 Å². The number of methoxy groups -OCH3 is 1. The number of pyridine rings is 1. The molecule has 4 aromatic rings. The largest absolute Gasteiger partial charge is 0.491 e. The lowest BCUT2D eigenvalue weighted by Gasteiger charge is -2.34. The van der Waals surface area contributed by atoms with E-state index >= 15 is 0 Å². The lowest BCUT2D eigenvalue weighted by Crippen LogP contribution is -2.42. The topological polar surface area (TPSA) is 86.7 Å². The maximum atomic E-state index is 15.0. The van der Waals surface area contributed by atoms with Crippen molar-refractivity contribution >= 4 is 33.8 Å². The number of ether oxygens (including phenoxy) is 1. The second-order valence-corrected chi connectivity index (χ2v) is 8.67. The molecule has 4 heterocycles. The maximum Gasteiger partial charge on any atom is 0.257 e. The molecule has 0 unspecified atom stereocenters. The highest BCUT2D eigenvalue weighted by Crippen LogP contribution is 2.34. The molecule has 0 radical (unpaired) electrons. The SMILES string of the molecule is CCNC1CCN(c2ccc(C(=O)Nc3cn4cc(C)nc4c(F)c3OC)c3[nH]ccc23)CC1. The average molecular weight is 465 g/mol. The summed E-state index contributed by atoms with van der Waals surface area (Å²) in [5.41, 5.74) is 3.41. The molecule has 1 saturated heterocycles. The summed E-state index contributed by atoms with van der Waals surface area (Å²) in [6.45, 7) is 6.83. The highest BCUT2D eigenvalue weighted by Gasteiger charge is 2.23. The highest BCUT2D eigenvalue weighted by molar-refractivity contribution is 6.14. The van der Waals surface area contributed by atoms with Gasteiger partial charge in [-0.2, -0.15) is 4.39 Å². The summed E-state index contributed by atoms with van der Waals surface area (Å²) < 4.78 is 21.8. The summed E-state index contributed by atoms with van der Waals surface area (Å²) in [5, 5.41) is 7.35. The lowest BCUT2D eigenvalue weighted by atomic mass is 10.0. The second-order valence-electron chi connectivity index (χ2n) is 8.67. The zero-order valence-corrected chi connectivity index (χ0v) is 19.6. The minimum atomic E-state index is -0.616. The molecule has 8 nitrogen and oxygen atoms in total. The molecule has 1 aromatic carbocycles. The Balaban J connectivity index is 1.44. The molecule has 3 N–H and O–H groups in total. The third-order valence-electron chi connectivity index (χ3n) is 6.49. The van der Waals surface area contributed by atoms with Crippen LogP contribution >= 0.6 is 0 Å². The van der Waals surface area contributed by atoms with E-state index in [1.54, 1.807) is 23.7 Å². The van der Waals surface area contributed by atoms with Gasteiger partial charge in [-0.25, -0.2) is 4.98 Å². The summed E-state index contributed by atoms with van der Waals surface area (Å²) in [7, 11) is 1.37. The fourth-order valence-corrected chi connectivity index (χ4v) is 4.89. The molecule has 9 heteroatoms. The number of aromatic amines is 1. The van der Waals surface area contributed by atoms with Gasteiger partial charge in [-0.15, -0.1) is 0 Å². The molecule has 1 amide bonds. The van der Waals surface area contributed by atoms with E-state index in [4.69, 9.17) is 4.74 Å². The molecule has 3 aromatic heterocycles. The summed E-state index contributed by atoms with van der Waals surface area (Å²) >= 11 is 0. The number of imidazole rings is 1. The van der Waals surface area contributed by atoms with Crippen LogP contribution in [0.5, 0.6) is 5.75 Å². The molecule has 1 fully saturated rings. The molecule has 34 heavy (non-hydrogen) atoms. The zero-order chi connectivity index (χ0) is 23.8. The van der Waals surface area contributed by atoms with Crippen molar-refractivity contribution in [1.82, 2.24) is 19.7 Å². The monoisotopic (exact) mass is 464 g/mol. The van der Waals surface area contributed by atoms with E-state index < -0.39 is 5.82 Å². The van der Waals surface area contributed by atoms with Crippen molar-refractivity contribution in [1.29, 1.82) is 0 Å². The molecule has 0 atom stereocenters. The Morgan fingerprint density at radius 2 is 2.06 bits per heavy atom. The van der Waals surface area contributed by atoms with E-state index in [-0.39, 0.29) is 23.0 Å². The van der Waals surface area contributed by atoms with Crippen molar-refractivity contribution in [2.45, 2.75) is 32.7 Å². The van der Waals surface area contributed by atoms with E-state index in [2.05, 4.69) is 32.4 Å². The number of aryl methyl sites for hydroxylation is 1. The number of piperidine rings is 1. The number of benzene rings is 1. The van der Waals surface area contributed by atoms with Crippen molar-refractivity contribution in [2.75, 3.05) is 37.0 Å². The molecule has 5 rings (SSSR count). The zero-order valence-electron chi connectivity index (χ0n) is 19.6. The van der Waals surface area contributed by atoms with Gasteiger partial charge in [0.05, 0.1) is 23.9 Å². The van der Waals surface area contributed by atoms with Gasteiger partial charge in [-0.3, -0.25) is 4.79 Å². The number of aromatic nitrogens is 3. The number of nitrogens with zero attached hydrogens (tertiary/aromatic N) is 3. The predicted octanol–water partition coefficient (Wildman–Crippen LogP) is 4.10. The van der Waals surface area contributed by atoms with E-state index in [9.17, 15) is 9.18 Å². The third kappa shape index (κ3) is 3.86. The molecule has 0 aliphatic carbocycles. The fraction of sp³-hybridized carbons (Fsp3) is 0.360. The smallest absolute Gasteiger partial charge is 0.257 e. The van der Waals surface area contributed by atoms with Gasteiger partial charge in [0.1, 0.15) is 5.69 Å². The van der Waals surface area contributed by atoms with Crippen LogP contribution in [-0.2, 0) is 0 Å². The lowest BCUT2D eigenvalue weighted by molar-refractivity contribution is 0.102. The molecular formula is C25H29FN6O2. The van der Waals surface area contributed by atoms with Gasteiger partial charge >= 0.3 is 0 Å². The van der Waals surface area contributed by atoms with Crippen LogP contribution in [0.2, 0.25) is 0 Å². The van der Waals surface area contributed by atoms with Crippen LogP contribution in [0.1, 0.15) is 35.8 Å². The van der Waals surface area contributed by atoms with Crippen molar-refractivity contribution < 1.29 is 13.9 Å². The predicted molar refractivity (Wildman–Crippen MR) is 132 cm³/mol. The molecule has 0 bridgehead atoms. The van der Waals surface area contributed by atoms with Crippen molar-refractivity contribution in [3.63, 3.8) is 0 Å². The number of carbonyl (C=O) groups is 1. The fourth-order valence-electron chi connectivity index (χ4n) is 4.89. The summed E-state index contributed by atoms with van der Waals surface area (Å²) in [6.07, 6.45) is 7.33. The van der Waals surface area contributed by atoms with Gasteiger partial charge in [0.2, 0.25) is 5.82 Å². The first kappa shape index (κ1) is 22.2. The Bertz CT molecular complexity index is 1350. The third-order valence-corrected chi connectivity index (χ3v) is 6.49. The quantitative estimate of drug-likeness (QED) is 0.400. The number of fused-ring (bicyclic) bond motifs is 2. The Morgan fingerprint density at radius 1 is 1.26 bits per heavy atom. The van der Waals surface area contributed by atoms with Gasteiger partial charge in [-0.1, -0.05) is 6.92 Å². The van der Waals surface area contributed by atoms with Gasteiger partial charge in [0.25, 0.3) is 5.91 Å². The molecule has 0 saturated carbocycles. The first-order valence-corrected chi connectivity index (χ1v) is 11.6. The van der Waals surface area contributed by atoms with Crippen molar-refractivity contribution in [3.8, 4) is 5.75 Å². The standard InChI is InChI=1S/C25H29FN6O2/c1-4-27-16-8-11-31(12-9-16)20-6-5-18(22-17(20)7-10-28-22)25(33)30-19-14-32-13-15(2)29-24(32)21(26)23(19)34-3/h5-7,10,13-14,16,27-28H,4,8-9,11-12H2,1-3H3,(H,30,33). The van der Waals surface area contributed by atoms with Gasteiger partial charge < -0.3 is 29.7 Å². The Labute approximate surface area is 197 Å². The van der Waals surface area contributed by atoms with Crippen LogP contribution in [-0.4, -0.2) is 53.1 Å².